The highest BCUT2D eigenvalue weighted by Crippen LogP contribution is 2.32. The van der Waals surface area contributed by atoms with Crippen molar-refractivity contribution < 1.29 is 18.7 Å². The number of rotatable bonds is 6. The Bertz CT molecular complexity index is 828. The number of carbonyl (C=O) groups excluding carboxylic acids is 2. The molecule has 0 aliphatic carbocycles. The maximum Gasteiger partial charge on any atom is 0.325 e. The molecule has 1 heterocycles. The van der Waals surface area contributed by atoms with Gasteiger partial charge in [-0.1, -0.05) is 42.8 Å². The van der Waals surface area contributed by atoms with Crippen molar-refractivity contribution in [1.82, 2.24) is 10.2 Å². The molecule has 136 valence electrons. The second-order valence-corrected chi connectivity index (χ2v) is 6.34. The van der Waals surface area contributed by atoms with Gasteiger partial charge in [-0.2, -0.15) is 0 Å². The Morgan fingerprint density at radius 2 is 1.85 bits per heavy atom. The van der Waals surface area contributed by atoms with E-state index in [-0.39, 0.29) is 19.1 Å². The van der Waals surface area contributed by atoms with Crippen LogP contribution in [0.25, 0.3) is 0 Å². The zero-order valence-corrected chi connectivity index (χ0v) is 14.9. The fraction of sp³-hybridized carbons (Fsp3) is 0.263. The van der Waals surface area contributed by atoms with E-state index in [0.29, 0.717) is 22.8 Å². The first kappa shape index (κ1) is 18.2. The Labute approximate surface area is 155 Å². The van der Waals surface area contributed by atoms with Gasteiger partial charge in [-0.25, -0.2) is 9.18 Å². The van der Waals surface area contributed by atoms with Crippen LogP contribution in [0.4, 0.5) is 9.18 Å². The Morgan fingerprint density at radius 1 is 1.15 bits per heavy atom. The van der Waals surface area contributed by atoms with Crippen LogP contribution < -0.4 is 10.1 Å². The number of nitrogens with one attached hydrogen (secondary N) is 1. The minimum Gasteiger partial charge on any atom is -0.490 e. The van der Waals surface area contributed by atoms with Crippen LogP contribution in [0.2, 0.25) is 5.02 Å². The molecule has 1 saturated heterocycles. The summed E-state index contributed by atoms with van der Waals surface area (Å²) in [5, 5.41) is 3.20. The average molecular weight is 377 g/mol. The van der Waals surface area contributed by atoms with Gasteiger partial charge in [0.25, 0.3) is 5.91 Å². The number of benzene rings is 2. The standard InChI is InChI=1S/C19H18ClFN2O3/c1-2-19(13-7-9-14(21)10-8-13)17(24)23(18(25)22-19)11-12-26-16-6-4-3-5-15(16)20/h3-10H,2,11-12H2,1H3,(H,22,25)/t19-/m0/s1. The Morgan fingerprint density at radius 3 is 2.50 bits per heavy atom. The third kappa shape index (κ3) is 3.24. The van der Waals surface area contributed by atoms with Gasteiger partial charge in [0.05, 0.1) is 11.6 Å². The van der Waals surface area contributed by atoms with Gasteiger partial charge < -0.3 is 10.1 Å². The number of carbonyl (C=O) groups is 2. The number of hydrogen-bond acceptors (Lipinski definition) is 3. The minimum absolute atomic E-state index is 0.0822. The molecule has 26 heavy (non-hydrogen) atoms. The van der Waals surface area contributed by atoms with Gasteiger partial charge in [-0.3, -0.25) is 9.69 Å². The van der Waals surface area contributed by atoms with Crippen molar-refractivity contribution in [1.29, 1.82) is 0 Å². The zero-order chi connectivity index (χ0) is 18.7. The minimum atomic E-state index is -1.19. The normalized spacial score (nSPS) is 19.6. The smallest absolute Gasteiger partial charge is 0.325 e. The molecule has 0 spiro atoms. The van der Waals surface area contributed by atoms with Crippen LogP contribution in [0.5, 0.6) is 5.75 Å². The van der Waals surface area contributed by atoms with Gasteiger partial charge in [-0.05, 0) is 36.2 Å². The fourth-order valence-corrected chi connectivity index (χ4v) is 3.20. The van der Waals surface area contributed by atoms with E-state index < -0.39 is 17.4 Å². The van der Waals surface area contributed by atoms with E-state index in [1.165, 1.54) is 24.3 Å². The van der Waals surface area contributed by atoms with Gasteiger partial charge in [0, 0.05) is 0 Å². The second kappa shape index (κ2) is 7.33. The molecule has 0 bridgehead atoms. The summed E-state index contributed by atoms with van der Waals surface area (Å²) in [6.07, 6.45) is 0.352. The molecule has 0 saturated carbocycles. The average Bonchev–Trinajstić information content (AvgIpc) is 2.89. The van der Waals surface area contributed by atoms with Crippen LogP contribution in [0.3, 0.4) is 0 Å². The quantitative estimate of drug-likeness (QED) is 0.782. The number of para-hydroxylation sites is 1. The van der Waals surface area contributed by atoms with Crippen LogP contribution in [-0.4, -0.2) is 30.0 Å². The Hall–Kier alpha value is -2.60. The summed E-state index contributed by atoms with van der Waals surface area (Å²) in [5.41, 5.74) is -0.635. The van der Waals surface area contributed by atoms with Gasteiger partial charge in [0.15, 0.2) is 0 Å². The predicted octanol–water partition coefficient (Wildman–Crippen LogP) is 3.72. The molecule has 2 aromatic carbocycles. The lowest BCUT2D eigenvalue weighted by molar-refractivity contribution is -0.132. The van der Waals surface area contributed by atoms with E-state index in [1.807, 2.05) is 0 Å². The van der Waals surface area contributed by atoms with Crippen molar-refractivity contribution in [3.05, 3.63) is 64.9 Å². The van der Waals surface area contributed by atoms with Crippen molar-refractivity contribution >= 4 is 23.5 Å². The van der Waals surface area contributed by atoms with Crippen molar-refractivity contribution in [3.63, 3.8) is 0 Å². The van der Waals surface area contributed by atoms with E-state index in [4.69, 9.17) is 16.3 Å². The molecule has 1 atom stereocenters. The van der Waals surface area contributed by atoms with Crippen molar-refractivity contribution in [2.75, 3.05) is 13.2 Å². The number of hydrogen-bond donors (Lipinski definition) is 1. The Balaban J connectivity index is 1.73. The van der Waals surface area contributed by atoms with Crippen LogP contribution >= 0.6 is 11.6 Å². The predicted molar refractivity (Wildman–Crippen MR) is 95.6 cm³/mol. The van der Waals surface area contributed by atoms with Crippen LogP contribution in [0.1, 0.15) is 18.9 Å². The number of imide groups is 1. The first-order valence-corrected chi connectivity index (χ1v) is 8.63. The van der Waals surface area contributed by atoms with Crippen LogP contribution in [0.15, 0.2) is 48.5 Å². The lowest BCUT2D eigenvalue weighted by atomic mass is 9.87. The summed E-state index contributed by atoms with van der Waals surface area (Å²) < 4.78 is 18.8. The third-order valence-electron chi connectivity index (χ3n) is 4.45. The zero-order valence-electron chi connectivity index (χ0n) is 14.2. The highest BCUT2D eigenvalue weighted by atomic mass is 35.5. The molecule has 3 rings (SSSR count). The van der Waals surface area contributed by atoms with Gasteiger partial charge in [0.1, 0.15) is 23.7 Å². The molecule has 1 fully saturated rings. The molecule has 0 radical (unpaired) electrons. The Kier molecular flexibility index (Phi) is 5.13. The molecule has 1 aliphatic heterocycles. The number of amides is 3. The topological polar surface area (TPSA) is 58.6 Å². The summed E-state index contributed by atoms with van der Waals surface area (Å²) in [5.74, 6) is -0.289. The first-order chi connectivity index (χ1) is 12.5. The maximum absolute atomic E-state index is 13.2. The summed E-state index contributed by atoms with van der Waals surface area (Å²) in [6.45, 7) is 2.00. The lowest BCUT2D eigenvalue weighted by Crippen LogP contribution is -2.43. The van der Waals surface area contributed by atoms with Crippen LogP contribution in [0, 0.1) is 5.82 Å². The molecule has 2 aromatic rings. The molecular formula is C19H18ClFN2O3. The van der Waals surface area contributed by atoms with E-state index in [1.54, 1.807) is 31.2 Å². The summed E-state index contributed by atoms with van der Waals surface area (Å²) in [6, 6.07) is 12.1. The number of ether oxygens (including phenoxy) is 1. The van der Waals surface area contributed by atoms with Gasteiger partial charge >= 0.3 is 6.03 Å². The summed E-state index contributed by atoms with van der Waals surface area (Å²) >= 11 is 6.02. The van der Waals surface area contributed by atoms with Gasteiger partial charge in [0.2, 0.25) is 0 Å². The molecule has 0 aromatic heterocycles. The molecule has 0 unspecified atom stereocenters. The highest BCUT2D eigenvalue weighted by Gasteiger charge is 2.51. The molecule has 1 N–H and O–H groups in total. The SMILES string of the molecule is CC[C@@]1(c2ccc(F)cc2)NC(=O)N(CCOc2ccccc2Cl)C1=O. The monoisotopic (exact) mass is 376 g/mol. The van der Waals surface area contributed by atoms with E-state index in [9.17, 15) is 14.0 Å². The van der Waals surface area contributed by atoms with Crippen LogP contribution in [-0.2, 0) is 10.3 Å². The van der Waals surface area contributed by atoms with Crippen molar-refractivity contribution in [2.24, 2.45) is 0 Å². The first-order valence-electron chi connectivity index (χ1n) is 8.25. The fourth-order valence-electron chi connectivity index (χ4n) is 3.01. The molecule has 1 aliphatic rings. The van der Waals surface area contributed by atoms with E-state index >= 15 is 0 Å². The largest absolute Gasteiger partial charge is 0.490 e. The van der Waals surface area contributed by atoms with Crippen molar-refractivity contribution in [3.8, 4) is 5.75 Å². The molecule has 7 heteroatoms. The van der Waals surface area contributed by atoms with E-state index in [0.717, 1.165) is 4.90 Å². The molecule has 3 amide bonds. The number of halogens is 2. The molecular weight excluding hydrogens is 359 g/mol. The maximum atomic E-state index is 13.2. The second-order valence-electron chi connectivity index (χ2n) is 5.93. The van der Waals surface area contributed by atoms with Crippen molar-refractivity contribution in [2.45, 2.75) is 18.9 Å². The summed E-state index contributed by atoms with van der Waals surface area (Å²) in [7, 11) is 0. The van der Waals surface area contributed by atoms with E-state index in [2.05, 4.69) is 5.32 Å². The van der Waals surface area contributed by atoms with Gasteiger partial charge in [-0.15, -0.1) is 0 Å². The highest BCUT2D eigenvalue weighted by molar-refractivity contribution is 6.32. The third-order valence-corrected chi connectivity index (χ3v) is 4.76. The number of urea groups is 1. The molecule has 5 nitrogen and oxygen atoms in total. The lowest BCUT2D eigenvalue weighted by Gasteiger charge is -2.25. The number of nitrogens with zero attached hydrogens (tertiary/aromatic N) is 1. The summed E-state index contributed by atoms with van der Waals surface area (Å²) in [4.78, 5) is 26.4.